The largest absolute Gasteiger partial charge is 0.388 e. The molecule has 9 heteroatoms. The standard InChI is InChI=1S/C26H32F5NO2S/c1-15(2)23-21-22(20-18(32-23)13-25(3,4)14-19(20)33)26(11-5-6-12-26)34-24(21)16-7-9-17(10-8-16)35(27,28,29,30)31/h7-10,15,19,24,33H,5-6,11-14H2,1-4H3/t19?,24-/m1/s1. The molecule has 2 aliphatic carbocycles. The van der Waals surface area contributed by atoms with E-state index in [-0.39, 0.29) is 11.3 Å². The van der Waals surface area contributed by atoms with Crippen LogP contribution >= 0.6 is 10.2 Å². The highest BCUT2D eigenvalue weighted by atomic mass is 32.5. The molecule has 2 atom stereocenters. The predicted molar refractivity (Wildman–Crippen MR) is 126 cm³/mol. The van der Waals surface area contributed by atoms with Gasteiger partial charge in [0.15, 0.2) is 0 Å². The van der Waals surface area contributed by atoms with E-state index in [4.69, 9.17) is 9.72 Å². The monoisotopic (exact) mass is 517 g/mol. The molecule has 1 aromatic carbocycles. The van der Waals surface area contributed by atoms with Crippen molar-refractivity contribution in [1.82, 2.24) is 4.98 Å². The molecule has 0 saturated heterocycles. The first-order valence-electron chi connectivity index (χ1n) is 12.2. The van der Waals surface area contributed by atoms with Crippen LogP contribution in [0.1, 0.15) is 112 Å². The average molecular weight is 518 g/mol. The Kier molecular flexibility index (Phi) is 4.98. The van der Waals surface area contributed by atoms with E-state index < -0.39 is 32.9 Å². The number of pyridine rings is 1. The first-order valence-corrected chi connectivity index (χ1v) is 14.1. The summed E-state index contributed by atoms with van der Waals surface area (Å²) in [7, 11) is -9.77. The summed E-state index contributed by atoms with van der Waals surface area (Å²) >= 11 is 0. The lowest BCUT2D eigenvalue weighted by Gasteiger charge is -2.40. The number of hydrogen-bond donors (Lipinski definition) is 1. The van der Waals surface area contributed by atoms with Crippen LogP contribution in [0.2, 0.25) is 0 Å². The lowest BCUT2D eigenvalue weighted by Crippen LogP contribution is -2.32. The van der Waals surface area contributed by atoms with E-state index in [9.17, 15) is 24.5 Å². The van der Waals surface area contributed by atoms with Crippen LogP contribution < -0.4 is 0 Å². The number of benzene rings is 1. The van der Waals surface area contributed by atoms with Crippen molar-refractivity contribution in [2.24, 2.45) is 5.41 Å². The number of rotatable bonds is 3. The summed E-state index contributed by atoms with van der Waals surface area (Å²) < 4.78 is 73.3. The molecule has 1 aliphatic heterocycles. The van der Waals surface area contributed by atoms with Crippen LogP contribution in [0.3, 0.4) is 0 Å². The minimum absolute atomic E-state index is 0.00264. The molecule has 0 radical (unpaired) electrons. The van der Waals surface area contributed by atoms with Crippen molar-refractivity contribution >= 4 is 10.2 Å². The maximum atomic E-state index is 13.3. The Morgan fingerprint density at radius 3 is 2.14 bits per heavy atom. The van der Waals surface area contributed by atoms with Gasteiger partial charge in [-0.3, -0.25) is 4.98 Å². The van der Waals surface area contributed by atoms with Crippen molar-refractivity contribution in [2.45, 2.75) is 94.8 Å². The normalized spacial score (nSPS) is 26.9. The number of fused-ring (bicyclic) bond motifs is 4. The van der Waals surface area contributed by atoms with Gasteiger partial charge >= 0.3 is 10.2 Å². The summed E-state index contributed by atoms with van der Waals surface area (Å²) in [6.45, 7) is 8.22. The predicted octanol–water partition coefficient (Wildman–Crippen LogP) is 8.76. The van der Waals surface area contributed by atoms with Crippen molar-refractivity contribution in [3.05, 3.63) is 57.9 Å². The van der Waals surface area contributed by atoms with Crippen molar-refractivity contribution < 1.29 is 29.3 Å². The van der Waals surface area contributed by atoms with E-state index in [0.717, 1.165) is 65.9 Å². The molecule has 1 aromatic heterocycles. The third-order valence-corrected chi connectivity index (χ3v) is 8.92. The summed E-state index contributed by atoms with van der Waals surface area (Å²) in [6.07, 6.45) is 3.20. The van der Waals surface area contributed by atoms with E-state index >= 15 is 0 Å². The van der Waals surface area contributed by atoms with Gasteiger partial charge in [0.1, 0.15) is 11.0 Å². The molecule has 0 bridgehead atoms. The molecule has 1 saturated carbocycles. The topological polar surface area (TPSA) is 42.4 Å². The zero-order valence-electron chi connectivity index (χ0n) is 20.4. The quantitative estimate of drug-likeness (QED) is 0.414. The van der Waals surface area contributed by atoms with Crippen molar-refractivity contribution in [1.29, 1.82) is 0 Å². The van der Waals surface area contributed by atoms with Crippen LogP contribution in [0.5, 0.6) is 0 Å². The third-order valence-electron chi connectivity index (χ3n) is 7.75. The summed E-state index contributed by atoms with van der Waals surface area (Å²) in [5, 5.41) is 11.3. The molecule has 3 aliphatic rings. The molecule has 1 N–H and O–H groups in total. The molecule has 1 unspecified atom stereocenters. The fourth-order valence-corrected chi connectivity index (χ4v) is 6.97. The van der Waals surface area contributed by atoms with Gasteiger partial charge in [-0.2, -0.15) is 0 Å². The molecule has 5 rings (SSSR count). The molecule has 194 valence electrons. The minimum Gasteiger partial charge on any atom is -0.388 e. The molecule has 3 nitrogen and oxygen atoms in total. The first-order chi connectivity index (χ1) is 15.9. The number of nitrogens with zero attached hydrogens (tertiary/aromatic N) is 1. The number of aliphatic hydroxyl groups excluding tert-OH is 1. The maximum absolute atomic E-state index is 13.3. The van der Waals surface area contributed by atoms with Gasteiger partial charge in [0, 0.05) is 22.5 Å². The van der Waals surface area contributed by atoms with E-state index in [1.165, 1.54) is 0 Å². The zero-order valence-corrected chi connectivity index (χ0v) is 21.2. The Morgan fingerprint density at radius 2 is 1.60 bits per heavy atom. The van der Waals surface area contributed by atoms with Crippen molar-refractivity contribution in [2.75, 3.05) is 0 Å². The Bertz CT molecular complexity index is 1190. The Balaban J connectivity index is 1.73. The molecule has 1 spiro atoms. The van der Waals surface area contributed by atoms with Crippen molar-refractivity contribution in [3.63, 3.8) is 0 Å². The lowest BCUT2D eigenvalue weighted by atomic mass is 9.70. The van der Waals surface area contributed by atoms with E-state index in [1.54, 1.807) is 0 Å². The molecule has 2 aromatic rings. The van der Waals surface area contributed by atoms with Gasteiger partial charge in [0.25, 0.3) is 0 Å². The third kappa shape index (κ3) is 4.17. The molecule has 2 heterocycles. The molecule has 0 amide bonds. The molecular formula is C26H32F5NO2S. The van der Waals surface area contributed by atoms with Gasteiger partial charge in [0.2, 0.25) is 0 Å². The lowest BCUT2D eigenvalue weighted by molar-refractivity contribution is -0.0580. The second-order valence-electron chi connectivity index (χ2n) is 11.6. The number of aliphatic hydroxyl groups is 1. The fraction of sp³-hybridized carbons (Fsp3) is 0.577. The Morgan fingerprint density at radius 1 is 1.00 bits per heavy atom. The van der Waals surface area contributed by atoms with Gasteiger partial charge in [-0.1, -0.05) is 72.1 Å². The van der Waals surface area contributed by atoms with Gasteiger partial charge in [-0.25, -0.2) is 0 Å². The van der Waals surface area contributed by atoms with Crippen LogP contribution in [0.25, 0.3) is 0 Å². The van der Waals surface area contributed by atoms with E-state index in [0.29, 0.717) is 30.5 Å². The van der Waals surface area contributed by atoms with Gasteiger partial charge in [-0.15, -0.1) is 0 Å². The second kappa shape index (κ2) is 6.98. The van der Waals surface area contributed by atoms with Gasteiger partial charge in [0.05, 0.1) is 11.7 Å². The minimum atomic E-state index is -9.77. The highest BCUT2D eigenvalue weighted by Gasteiger charge is 2.65. The molecular weight excluding hydrogens is 485 g/mol. The highest BCUT2D eigenvalue weighted by molar-refractivity contribution is 8.45. The average Bonchev–Trinajstić information content (AvgIpc) is 3.30. The van der Waals surface area contributed by atoms with Crippen molar-refractivity contribution in [3.8, 4) is 0 Å². The first kappa shape index (κ1) is 25.0. The summed E-state index contributed by atoms with van der Waals surface area (Å²) in [5.74, 6) is 0.00264. The van der Waals surface area contributed by atoms with Gasteiger partial charge < -0.3 is 9.84 Å². The van der Waals surface area contributed by atoms with E-state index in [2.05, 4.69) is 13.8 Å². The van der Waals surface area contributed by atoms with Crippen LogP contribution in [-0.4, -0.2) is 10.1 Å². The van der Waals surface area contributed by atoms with E-state index in [1.807, 2.05) is 13.8 Å². The maximum Gasteiger partial charge on any atom is 0.310 e. The smallest absolute Gasteiger partial charge is 0.310 e. The van der Waals surface area contributed by atoms with Crippen LogP contribution in [-0.2, 0) is 16.8 Å². The Labute approximate surface area is 202 Å². The summed E-state index contributed by atoms with van der Waals surface area (Å²) in [5.41, 5.74) is 3.81. The fourth-order valence-electron chi connectivity index (χ4n) is 6.32. The summed E-state index contributed by atoms with van der Waals surface area (Å²) in [6, 6.07) is 3.10. The van der Waals surface area contributed by atoms with Gasteiger partial charge in [-0.05, 0) is 60.3 Å². The number of ether oxygens (including phenoxy) is 1. The van der Waals surface area contributed by atoms with Crippen LogP contribution in [0.4, 0.5) is 19.4 Å². The SMILES string of the molecule is CC(C)c1nc2c(c3c1[C@@H](c1ccc(S(F)(F)(F)(F)F)cc1)OC31CCCC1)C(O)CC(C)(C)C2. The molecule has 1 fully saturated rings. The number of halogens is 5. The summed E-state index contributed by atoms with van der Waals surface area (Å²) in [4.78, 5) is 3.10. The second-order valence-corrected chi connectivity index (χ2v) is 14.0. The van der Waals surface area contributed by atoms with Crippen LogP contribution in [0, 0.1) is 5.41 Å². The zero-order chi connectivity index (χ0) is 25.7. The molecule has 35 heavy (non-hydrogen) atoms. The highest BCUT2D eigenvalue weighted by Crippen LogP contribution is 3.02. The number of aromatic nitrogens is 1. The number of hydrogen-bond acceptors (Lipinski definition) is 3. The Hall–Kier alpha value is -1.71. The van der Waals surface area contributed by atoms with Crippen LogP contribution in [0.15, 0.2) is 29.2 Å².